The second kappa shape index (κ2) is 6.03. The van der Waals surface area contributed by atoms with Gasteiger partial charge in [-0.3, -0.25) is 0 Å². The van der Waals surface area contributed by atoms with E-state index in [0.717, 1.165) is 18.7 Å². The van der Waals surface area contributed by atoms with E-state index >= 15 is 0 Å². The lowest BCUT2D eigenvalue weighted by atomic mass is 9.84. The van der Waals surface area contributed by atoms with Crippen LogP contribution in [0.15, 0.2) is 24.3 Å². The molecule has 0 spiro atoms. The van der Waals surface area contributed by atoms with Gasteiger partial charge in [-0.25, -0.2) is 0 Å². The predicted molar refractivity (Wildman–Crippen MR) is 69.7 cm³/mol. The number of aromatic hydroxyl groups is 1. The van der Waals surface area contributed by atoms with E-state index < -0.39 is 0 Å². The molecule has 2 rings (SSSR count). The first kappa shape index (κ1) is 12.4. The minimum Gasteiger partial charge on any atom is -0.508 e. The molecule has 4 N–H and O–H groups in total. The molecule has 1 aromatic rings. The van der Waals surface area contributed by atoms with Crippen molar-refractivity contribution in [2.75, 3.05) is 6.54 Å². The first-order valence-electron chi connectivity index (χ1n) is 6.51. The Hall–Kier alpha value is -1.06. The molecule has 0 radical (unpaired) electrons. The summed E-state index contributed by atoms with van der Waals surface area (Å²) >= 11 is 0. The van der Waals surface area contributed by atoms with Crippen LogP contribution in [0, 0.1) is 5.92 Å². The van der Waals surface area contributed by atoms with Crippen LogP contribution in [-0.4, -0.2) is 17.7 Å². The SMILES string of the molecule is NCC1CCCCC1NCc1ccccc1O. The molecule has 1 aliphatic rings. The van der Waals surface area contributed by atoms with Crippen molar-refractivity contribution in [2.24, 2.45) is 11.7 Å². The molecule has 0 aromatic heterocycles. The van der Waals surface area contributed by atoms with Gasteiger partial charge < -0.3 is 16.2 Å². The summed E-state index contributed by atoms with van der Waals surface area (Å²) < 4.78 is 0. The van der Waals surface area contributed by atoms with Crippen LogP contribution in [0.4, 0.5) is 0 Å². The Labute approximate surface area is 103 Å². The van der Waals surface area contributed by atoms with Crippen LogP contribution in [-0.2, 0) is 6.54 Å². The third-order valence-electron chi connectivity index (χ3n) is 3.76. The molecular formula is C14H22N2O. The molecule has 1 saturated carbocycles. The molecule has 1 fully saturated rings. The van der Waals surface area contributed by atoms with Gasteiger partial charge in [0.15, 0.2) is 0 Å². The highest BCUT2D eigenvalue weighted by Crippen LogP contribution is 2.24. The summed E-state index contributed by atoms with van der Waals surface area (Å²) in [5, 5.41) is 13.2. The fourth-order valence-corrected chi connectivity index (χ4v) is 2.66. The van der Waals surface area contributed by atoms with Crippen LogP contribution in [0.3, 0.4) is 0 Å². The van der Waals surface area contributed by atoms with Crippen molar-refractivity contribution >= 4 is 0 Å². The third kappa shape index (κ3) is 3.20. The van der Waals surface area contributed by atoms with Gasteiger partial charge in [-0.15, -0.1) is 0 Å². The molecule has 0 saturated heterocycles. The lowest BCUT2D eigenvalue weighted by Crippen LogP contribution is -2.41. The van der Waals surface area contributed by atoms with Crippen LogP contribution in [0.1, 0.15) is 31.2 Å². The summed E-state index contributed by atoms with van der Waals surface area (Å²) in [5.41, 5.74) is 6.77. The second-order valence-corrected chi connectivity index (χ2v) is 4.90. The van der Waals surface area contributed by atoms with Crippen molar-refractivity contribution in [1.29, 1.82) is 0 Å². The van der Waals surface area contributed by atoms with Crippen LogP contribution in [0.25, 0.3) is 0 Å². The van der Waals surface area contributed by atoms with Gasteiger partial charge >= 0.3 is 0 Å². The van der Waals surface area contributed by atoms with Crippen molar-refractivity contribution in [3.63, 3.8) is 0 Å². The highest BCUT2D eigenvalue weighted by Gasteiger charge is 2.23. The van der Waals surface area contributed by atoms with E-state index in [9.17, 15) is 5.11 Å². The summed E-state index contributed by atoms with van der Waals surface area (Å²) in [4.78, 5) is 0. The molecule has 17 heavy (non-hydrogen) atoms. The highest BCUT2D eigenvalue weighted by molar-refractivity contribution is 5.31. The lowest BCUT2D eigenvalue weighted by molar-refractivity contribution is 0.266. The summed E-state index contributed by atoms with van der Waals surface area (Å²) in [6, 6.07) is 8.01. The zero-order chi connectivity index (χ0) is 12.1. The normalized spacial score (nSPS) is 24.8. The molecule has 3 nitrogen and oxygen atoms in total. The lowest BCUT2D eigenvalue weighted by Gasteiger charge is -2.31. The predicted octanol–water partition coefficient (Wildman–Crippen LogP) is 2.00. The minimum absolute atomic E-state index is 0.375. The van der Waals surface area contributed by atoms with Gasteiger partial charge in [0.2, 0.25) is 0 Å². The first-order valence-corrected chi connectivity index (χ1v) is 6.51. The third-order valence-corrected chi connectivity index (χ3v) is 3.76. The first-order chi connectivity index (χ1) is 8.31. The molecule has 3 heteroatoms. The monoisotopic (exact) mass is 234 g/mol. The average molecular weight is 234 g/mol. The van der Waals surface area contributed by atoms with E-state index in [4.69, 9.17) is 5.73 Å². The molecule has 94 valence electrons. The summed E-state index contributed by atoms with van der Waals surface area (Å²) in [5.74, 6) is 0.967. The van der Waals surface area contributed by atoms with Crippen molar-refractivity contribution in [3.8, 4) is 5.75 Å². The molecular weight excluding hydrogens is 212 g/mol. The number of nitrogens with one attached hydrogen (secondary N) is 1. The quantitative estimate of drug-likeness (QED) is 0.747. The summed E-state index contributed by atoms with van der Waals surface area (Å²) in [6.45, 7) is 1.49. The standard InChI is InChI=1S/C14H22N2O/c15-9-11-5-1-3-7-13(11)16-10-12-6-2-4-8-14(12)17/h2,4,6,8,11,13,16-17H,1,3,5,7,9-10,15H2. The topological polar surface area (TPSA) is 58.3 Å². The van der Waals surface area contributed by atoms with Crippen molar-refractivity contribution in [1.82, 2.24) is 5.32 Å². The number of benzene rings is 1. The maximum atomic E-state index is 9.70. The molecule has 0 amide bonds. The van der Waals surface area contributed by atoms with Crippen molar-refractivity contribution in [2.45, 2.75) is 38.3 Å². The minimum atomic E-state index is 0.375. The van der Waals surface area contributed by atoms with E-state index in [-0.39, 0.29) is 0 Å². The number of hydrogen-bond acceptors (Lipinski definition) is 3. The number of rotatable bonds is 4. The van der Waals surface area contributed by atoms with Crippen LogP contribution < -0.4 is 11.1 Å². The number of para-hydroxylation sites is 1. The Morgan fingerprint density at radius 1 is 1.24 bits per heavy atom. The summed E-state index contributed by atoms with van der Waals surface area (Å²) in [7, 11) is 0. The number of phenols is 1. The Balaban J connectivity index is 1.90. The fourth-order valence-electron chi connectivity index (χ4n) is 2.66. The maximum Gasteiger partial charge on any atom is 0.120 e. The van der Waals surface area contributed by atoms with Gasteiger partial charge in [-0.1, -0.05) is 31.0 Å². The van der Waals surface area contributed by atoms with E-state index in [0.29, 0.717) is 17.7 Å². The number of hydrogen-bond donors (Lipinski definition) is 3. The van der Waals surface area contributed by atoms with Gasteiger partial charge in [-0.05, 0) is 31.4 Å². The molecule has 0 heterocycles. The second-order valence-electron chi connectivity index (χ2n) is 4.90. The van der Waals surface area contributed by atoms with E-state index in [1.807, 2.05) is 18.2 Å². The zero-order valence-corrected chi connectivity index (χ0v) is 10.2. The Morgan fingerprint density at radius 3 is 2.76 bits per heavy atom. The van der Waals surface area contributed by atoms with Crippen molar-refractivity contribution < 1.29 is 5.11 Å². The summed E-state index contributed by atoms with van der Waals surface area (Å²) in [6.07, 6.45) is 5.02. The largest absolute Gasteiger partial charge is 0.508 e. The molecule has 1 aliphatic carbocycles. The average Bonchev–Trinajstić information content (AvgIpc) is 2.38. The number of phenolic OH excluding ortho intramolecular Hbond substituents is 1. The van der Waals surface area contributed by atoms with Crippen LogP contribution in [0.2, 0.25) is 0 Å². The molecule has 2 atom stereocenters. The molecule has 2 unspecified atom stereocenters. The Morgan fingerprint density at radius 2 is 2.00 bits per heavy atom. The maximum absolute atomic E-state index is 9.70. The van der Waals surface area contributed by atoms with Gasteiger partial charge in [0, 0.05) is 18.2 Å². The van der Waals surface area contributed by atoms with E-state index in [1.54, 1.807) is 6.07 Å². The van der Waals surface area contributed by atoms with E-state index in [1.165, 1.54) is 25.7 Å². The Bertz CT molecular complexity index is 354. The smallest absolute Gasteiger partial charge is 0.120 e. The highest BCUT2D eigenvalue weighted by atomic mass is 16.3. The zero-order valence-electron chi connectivity index (χ0n) is 10.2. The molecule has 1 aromatic carbocycles. The van der Waals surface area contributed by atoms with Crippen LogP contribution in [0.5, 0.6) is 5.75 Å². The van der Waals surface area contributed by atoms with Gasteiger partial charge in [0.1, 0.15) is 5.75 Å². The molecule has 0 aliphatic heterocycles. The van der Waals surface area contributed by atoms with Gasteiger partial charge in [0.25, 0.3) is 0 Å². The van der Waals surface area contributed by atoms with Crippen molar-refractivity contribution in [3.05, 3.63) is 29.8 Å². The van der Waals surface area contributed by atoms with Crippen LogP contribution >= 0.6 is 0 Å². The van der Waals surface area contributed by atoms with E-state index in [2.05, 4.69) is 5.32 Å². The van der Waals surface area contributed by atoms with Gasteiger partial charge in [-0.2, -0.15) is 0 Å². The van der Waals surface area contributed by atoms with Gasteiger partial charge in [0.05, 0.1) is 0 Å². The molecule has 0 bridgehead atoms. The fraction of sp³-hybridized carbons (Fsp3) is 0.571. The Kier molecular flexibility index (Phi) is 4.40. The number of nitrogens with two attached hydrogens (primary N) is 1.